The highest BCUT2D eigenvalue weighted by Gasteiger charge is 2.22. The maximum Gasteiger partial charge on any atom is 0.240 e. The molecule has 11 heteroatoms. The van der Waals surface area contributed by atoms with Crippen LogP contribution in [0.1, 0.15) is 23.4 Å². The quantitative estimate of drug-likeness (QED) is 0.354. The molecule has 4 aromatic rings. The second-order valence-electron chi connectivity index (χ2n) is 8.58. The fourth-order valence-electron chi connectivity index (χ4n) is 4.15. The summed E-state index contributed by atoms with van der Waals surface area (Å²) in [6, 6.07) is 18.3. The van der Waals surface area contributed by atoms with Crippen molar-refractivity contribution in [2.24, 2.45) is 0 Å². The van der Waals surface area contributed by atoms with Crippen LogP contribution in [0.4, 0.5) is 5.69 Å². The maximum atomic E-state index is 13.0. The summed E-state index contributed by atoms with van der Waals surface area (Å²) in [5.74, 6) is 0.847. The summed E-state index contributed by atoms with van der Waals surface area (Å²) >= 11 is 1.36. The van der Waals surface area contributed by atoms with Crippen molar-refractivity contribution in [1.82, 2.24) is 24.5 Å². The highest BCUT2D eigenvalue weighted by atomic mass is 32.2. The highest BCUT2D eigenvalue weighted by Crippen LogP contribution is 2.28. The zero-order chi connectivity index (χ0) is 25.1. The molecule has 36 heavy (non-hydrogen) atoms. The number of hydrogen-bond donors (Lipinski definition) is 1. The Balaban J connectivity index is 1.22. The lowest BCUT2D eigenvalue weighted by atomic mass is 10.0. The zero-order valence-corrected chi connectivity index (χ0v) is 21.4. The van der Waals surface area contributed by atoms with E-state index in [9.17, 15) is 13.2 Å². The molecule has 0 saturated carbocycles. The number of aromatic nitrogens is 4. The van der Waals surface area contributed by atoms with Crippen LogP contribution in [0.3, 0.4) is 0 Å². The van der Waals surface area contributed by atoms with Crippen molar-refractivity contribution in [1.29, 1.82) is 0 Å². The highest BCUT2D eigenvalue weighted by molar-refractivity contribution is 7.99. The lowest BCUT2D eigenvalue weighted by Crippen LogP contribution is -2.36. The van der Waals surface area contributed by atoms with Crippen LogP contribution in [0.25, 0.3) is 5.65 Å². The number of nitrogens with one attached hydrogen (secondary N) is 1. The molecule has 1 aliphatic heterocycles. The minimum absolute atomic E-state index is 0.0449. The largest absolute Gasteiger partial charge is 0.311 e. The minimum atomic E-state index is -3.62. The maximum absolute atomic E-state index is 13.0. The van der Waals surface area contributed by atoms with Crippen LogP contribution in [0.5, 0.6) is 0 Å². The summed E-state index contributed by atoms with van der Waals surface area (Å²) in [6.07, 6.45) is 2.26. The van der Waals surface area contributed by atoms with Gasteiger partial charge in [-0.1, -0.05) is 47.7 Å². The van der Waals surface area contributed by atoms with E-state index in [2.05, 4.69) is 26.1 Å². The van der Waals surface area contributed by atoms with Gasteiger partial charge in [0, 0.05) is 25.2 Å². The number of benzene rings is 2. The van der Waals surface area contributed by atoms with Crippen molar-refractivity contribution in [2.45, 2.75) is 36.1 Å². The Morgan fingerprint density at radius 3 is 2.69 bits per heavy atom. The van der Waals surface area contributed by atoms with Crippen molar-refractivity contribution in [3.05, 3.63) is 77.6 Å². The number of nitrogens with zero attached hydrogens (tertiary/aromatic N) is 5. The predicted molar refractivity (Wildman–Crippen MR) is 139 cm³/mol. The van der Waals surface area contributed by atoms with Gasteiger partial charge in [0.15, 0.2) is 11.5 Å². The molecule has 1 amide bonds. The Morgan fingerprint density at radius 1 is 1.06 bits per heavy atom. The van der Waals surface area contributed by atoms with Gasteiger partial charge in [0.1, 0.15) is 5.03 Å². The van der Waals surface area contributed by atoms with Gasteiger partial charge in [-0.2, -0.15) is 9.61 Å². The van der Waals surface area contributed by atoms with E-state index in [1.807, 2.05) is 36.1 Å². The molecule has 0 bridgehead atoms. The predicted octanol–water partition coefficient (Wildman–Crippen LogP) is 3.03. The number of hydrogen-bond acceptors (Lipinski definition) is 7. The smallest absolute Gasteiger partial charge is 0.240 e. The van der Waals surface area contributed by atoms with E-state index in [0.29, 0.717) is 22.9 Å². The number of amides is 1. The fourth-order valence-corrected chi connectivity index (χ4v) is 5.92. The average molecular weight is 523 g/mol. The van der Waals surface area contributed by atoms with Crippen LogP contribution >= 0.6 is 11.8 Å². The molecule has 1 aliphatic rings. The van der Waals surface area contributed by atoms with Crippen molar-refractivity contribution in [2.75, 3.05) is 23.7 Å². The Morgan fingerprint density at radius 2 is 1.86 bits per heavy atom. The van der Waals surface area contributed by atoms with E-state index < -0.39 is 10.0 Å². The van der Waals surface area contributed by atoms with E-state index in [-0.39, 0.29) is 23.1 Å². The molecular formula is C25H26N6O3S2. The third-order valence-corrected chi connectivity index (χ3v) is 8.41. The molecule has 0 unspecified atom stereocenters. The molecule has 0 spiro atoms. The molecular weight excluding hydrogens is 496 g/mol. The number of para-hydroxylation sites is 1. The van der Waals surface area contributed by atoms with Gasteiger partial charge >= 0.3 is 0 Å². The second-order valence-corrected chi connectivity index (χ2v) is 11.3. The number of carbonyl (C=O) groups is 1. The zero-order valence-electron chi connectivity index (χ0n) is 19.8. The van der Waals surface area contributed by atoms with Crippen molar-refractivity contribution >= 4 is 39.0 Å². The molecule has 0 saturated heterocycles. The van der Waals surface area contributed by atoms with Gasteiger partial charge in [0.2, 0.25) is 15.9 Å². The topological polar surface area (TPSA) is 110 Å². The Kier molecular flexibility index (Phi) is 7.04. The number of thioether (sulfide) groups is 1. The molecule has 2 aromatic heterocycles. The number of fused-ring (bicyclic) bond motifs is 2. The number of anilines is 1. The second kappa shape index (κ2) is 10.4. The Hall–Kier alpha value is -3.28. The van der Waals surface area contributed by atoms with Gasteiger partial charge in [-0.05, 0) is 55.7 Å². The summed E-state index contributed by atoms with van der Waals surface area (Å²) in [4.78, 5) is 15.0. The van der Waals surface area contributed by atoms with Gasteiger partial charge < -0.3 is 4.90 Å². The number of rotatable bonds is 8. The summed E-state index contributed by atoms with van der Waals surface area (Å²) in [5, 5.41) is 13.5. The first kappa shape index (κ1) is 24.4. The third-order valence-electron chi connectivity index (χ3n) is 6.03. The van der Waals surface area contributed by atoms with Gasteiger partial charge in [0.25, 0.3) is 0 Å². The monoisotopic (exact) mass is 522 g/mol. The number of aryl methyl sites for hydroxylation is 2. The molecule has 0 fully saturated rings. The Bertz CT molecular complexity index is 1500. The van der Waals surface area contributed by atoms with E-state index in [4.69, 9.17) is 0 Å². The third kappa shape index (κ3) is 5.28. The van der Waals surface area contributed by atoms with Crippen molar-refractivity contribution < 1.29 is 13.2 Å². The molecule has 0 radical (unpaired) electrons. The summed E-state index contributed by atoms with van der Waals surface area (Å²) < 4.78 is 29.3. The molecule has 9 nitrogen and oxygen atoms in total. The molecule has 2 aromatic carbocycles. The first-order valence-electron chi connectivity index (χ1n) is 11.7. The lowest BCUT2D eigenvalue weighted by Gasteiger charge is -2.29. The van der Waals surface area contributed by atoms with Crippen molar-refractivity contribution in [3.8, 4) is 0 Å². The number of sulfonamides is 1. The van der Waals surface area contributed by atoms with E-state index in [1.165, 1.54) is 17.3 Å². The number of carbonyl (C=O) groups excluding carboxylic acids is 1. The Labute approximate surface area is 214 Å². The van der Waals surface area contributed by atoms with Crippen LogP contribution < -0.4 is 9.62 Å². The summed E-state index contributed by atoms with van der Waals surface area (Å²) in [5.41, 5.74) is 3.75. The van der Waals surface area contributed by atoms with E-state index >= 15 is 0 Å². The van der Waals surface area contributed by atoms with Gasteiger partial charge in [-0.3, -0.25) is 4.79 Å². The lowest BCUT2D eigenvalue weighted by molar-refractivity contribution is -0.116. The van der Waals surface area contributed by atoms with E-state index in [0.717, 1.165) is 30.6 Å². The van der Waals surface area contributed by atoms with Gasteiger partial charge in [-0.15, -0.1) is 10.2 Å². The molecule has 1 N–H and O–H groups in total. The molecule has 3 heterocycles. The van der Waals surface area contributed by atoms with Crippen LogP contribution in [0.2, 0.25) is 0 Å². The fraction of sp³-hybridized carbons (Fsp3) is 0.280. The molecule has 0 atom stereocenters. The van der Waals surface area contributed by atoms with Crippen molar-refractivity contribution in [3.63, 3.8) is 0 Å². The minimum Gasteiger partial charge on any atom is -0.311 e. The average Bonchev–Trinajstić information content (AvgIpc) is 3.29. The SMILES string of the molecule is Cc1ccc(S(=O)(=O)NCCc2nnc3ccc(SCC(=O)N4CCCc5ccccc54)nn23)cc1. The normalized spacial score (nSPS) is 13.6. The van der Waals surface area contributed by atoms with Crippen LogP contribution in [-0.2, 0) is 27.7 Å². The van der Waals surface area contributed by atoms with Crippen LogP contribution in [-0.4, -0.2) is 53.0 Å². The van der Waals surface area contributed by atoms with E-state index in [1.54, 1.807) is 34.8 Å². The van der Waals surface area contributed by atoms with Crippen LogP contribution in [0.15, 0.2) is 70.6 Å². The van der Waals surface area contributed by atoms with Gasteiger partial charge in [0.05, 0.1) is 10.6 Å². The molecule has 5 rings (SSSR count). The molecule has 186 valence electrons. The molecule has 0 aliphatic carbocycles. The standard InChI is InChI=1S/C25H26N6O3S2/c1-18-8-10-20(11-9-18)36(33,34)26-15-14-23-28-27-22-12-13-24(29-31(22)23)35-17-25(32)30-16-4-6-19-5-2-3-7-21(19)30/h2-3,5,7-13,26H,4,6,14-17H2,1H3. The summed E-state index contributed by atoms with van der Waals surface area (Å²) in [7, 11) is -3.62. The first-order chi connectivity index (χ1) is 17.4. The first-order valence-corrected chi connectivity index (χ1v) is 14.2. The summed E-state index contributed by atoms with van der Waals surface area (Å²) in [6.45, 7) is 2.78. The van der Waals surface area contributed by atoms with Crippen LogP contribution in [0, 0.1) is 6.92 Å². The van der Waals surface area contributed by atoms with Gasteiger partial charge in [-0.25, -0.2) is 13.1 Å².